The van der Waals surface area contributed by atoms with E-state index < -0.39 is 28.0 Å². The highest BCUT2D eigenvalue weighted by Gasteiger charge is 2.13. The number of anilines is 1. The number of halogens is 4. The van der Waals surface area contributed by atoms with Gasteiger partial charge in [0.15, 0.2) is 0 Å². The molecular formula is C11H11BrClF2NO4S. The van der Waals surface area contributed by atoms with Crippen LogP contribution >= 0.6 is 26.6 Å². The van der Waals surface area contributed by atoms with Crippen molar-refractivity contribution in [2.24, 2.45) is 0 Å². The maximum absolute atomic E-state index is 11.8. The summed E-state index contributed by atoms with van der Waals surface area (Å²) in [5.41, 5.74) is 0.331. The van der Waals surface area contributed by atoms with Gasteiger partial charge in [0, 0.05) is 15.2 Å². The Morgan fingerprint density at radius 2 is 2.10 bits per heavy atom. The van der Waals surface area contributed by atoms with Gasteiger partial charge in [-0.1, -0.05) is 0 Å². The summed E-state index contributed by atoms with van der Waals surface area (Å²) in [5, 5.41) is 2.49. The molecule has 0 spiro atoms. The number of alkyl halides is 2. The molecule has 0 unspecified atom stereocenters. The Morgan fingerprint density at radius 1 is 1.43 bits per heavy atom. The van der Waals surface area contributed by atoms with Gasteiger partial charge in [0.2, 0.25) is 5.91 Å². The molecule has 0 heterocycles. The van der Waals surface area contributed by atoms with Gasteiger partial charge in [0.25, 0.3) is 15.5 Å². The zero-order valence-electron chi connectivity index (χ0n) is 10.5. The topological polar surface area (TPSA) is 72.5 Å². The van der Waals surface area contributed by atoms with E-state index in [4.69, 9.17) is 10.7 Å². The smallest absolute Gasteiger partial charge is 0.261 e. The van der Waals surface area contributed by atoms with Crippen molar-refractivity contribution in [2.75, 3.05) is 18.5 Å². The van der Waals surface area contributed by atoms with Gasteiger partial charge in [-0.25, -0.2) is 17.2 Å². The molecule has 0 atom stereocenters. The first-order chi connectivity index (χ1) is 9.70. The molecule has 1 aromatic carbocycles. The molecule has 1 aromatic rings. The zero-order chi connectivity index (χ0) is 16.0. The van der Waals surface area contributed by atoms with Gasteiger partial charge in [-0.15, -0.1) is 0 Å². The molecule has 0 aliphatic carbocycles. The molecule has 0 fully saturated rings. The van der Waals surface area contributed by atoms with Gasteiger partial charge >= 0.3 is 0 Å². The van der Waals surface area contributed by atoms with E-state index in [9.17, 15) is 22.0 Å². The standard InChI is InChI=1S/C11H11BrClF2NO4S/c12-8-5-7(21(13,18)19)1-2-9(8)16-11(17)3-4-20-6-10(14)15/h1-2,5,10H,3-4,6H2,(H,16,17). The predicted octanol–water partition coefficient (Wildman–Crippen LogP) is 2.99. The maximum atomic E-state index is 11.8. The molecule has 1 rings (SSSR count). The molecule has 21 heavy (non-hydrogen) atoms. The van der Waals surface area contributed by atoms with Crippen LogP contribution in [0, 0.1) is 0 Å². The minimum Gasteiger partial charge on any atom is -0.375 e. The van der Waals surface area contributed by atoms with Gasteiger partial charge in [-0.3, -0.25) is 4.79 Å². The molecule has 0 aromatic heterocycles. The lowest BCUT2D eigenvalue weighted by atomic mass is 10.3. The fourth-order valence-corrected chi connectivity index (χ4v) is 2.71. The number of carbonyl (C=O) groups is 1. The molecule has 118 valence electrons. The summed E-state index contributed by atoms with van der Waals surface area (Å²) in [7, 11) is 1.33. The quantitative estimate of drug-likeness (QED) is 0.558. The third-order valence-electron chi connectivity index (χ3n) is 2.21. The Labute approximate surface area is 133 Å². The Bertz CT molecular complexity index is 612. The number of amides is 1. The Balaban J connectivity index is 2.57. The molecule has 5 nitrogen and oxygen atoms in total. The van der Waals surface area contributed by atoms with Crippen LogP contribution in [0.15, 0.2) is 27.6 Å². The van der Waals surface area contributed by atoms with Crippen LogP contribution in [-0.2, 0) is 18.6 Å². The molecule has 0 saturated carbocycles. The van der Waals surface area contributed by atoms with Gasteiger partial charge in [-0.05, 0) is 34.1 Å². The number of benzene rings is 1. The van der Waals surface area contributed by atoms with Crippen molar-refractivity contribution in [3.63, 3.8) is 0 Å². The van der Waals surface area contributed by atoms with Gasteiger partial charge in [-0.2, -0.15) is 0 Å². The van der Waals surface area contributed by atoms with Crippen LogP contribution in [0.3, 0.4) is 0 Å². The van der Waals surface area contributed by atoms with Crippen molar-refractivity contribution < 1.29 is 26.7 Å². The number of carbonyl (C=O) groups excluding carboxylic acids is 1. The highest BCUT2D eigenvalue weighted by molar-refractivity contribution is 9.10. The van der Waals surface area contributed by atoms with E-state index in [-0.39, 0.29) is 17.9 Å². The molecule has 0 radical (unpaired) electrons. The SMILES string of the molecule is O=C(CCOCC(F)F)Nc1ccc(S(=O)(=O)Cl)cc1Br. The molecule has 0 saturated heterocycles. The predicted molar refractivity (Wildman–Crippen MR) is 77.3 cm³/mol. The Kier molecular flexibility index (Phi) is 6.98. The molecular weight excluding hydrogens is 396 g/mol. The van der Waals surface area contributed by atoms with Crippen molar-refractivity contribution in [2.45, 2.75) is 17.7 Å². The minimum absolute atomic E-state index is 0.102. The van der Waals surface area contributed by atoms with Crippen LogP contribution in [0.25, 0.3) is 0 Å². The molecule has 0 aliphatic rings. The van der Waals surface area contributed by atoms with Gasteiger partial charge in [0.1, 0.15) is 6.61 Å². The zero-order valence-corrected chi connectivity index (χ0v) is 13.6. The summed E-state index contributed by atoms with van der Waals surface area (Å²) in [6.45, 7) is -0.860. The number of hydrogen-bond acceptors (Lipinski definition) is 4. The van der Waals surface area contributed by atoms with Crippen molar-refractivity contribution in [1.29, 1.82) is 0 Å². The maximum Gasteiger partial charge on any atom is 0.261 e. The number of ether oxygens (including phenoxy) is 1. The summed E-state index contributed by atoms with van der Waals surface area (Å²) in [6, 6.07) is 3.83. The number of rotatable bonds is 7. The Morgan fingerprint density at radius 3 is 2.62 bits per heavy atom. The second-order valence-corrected chi connectivity index (χ2v) is 7.26. The summed E-state index contributed by atoms with van der Waals surface area (Å²) in [6.07, 6.45) is -2.68. The molecule has 0 aliphatic heterocycles. The third kappa shape index (κ3) is 6.68. The van der Waals surface area contributed by atoms with Crippen LogP contribution in [0.1, 0.15) is 6.42 Å². The summed E-state index contributed by atoms with van der Waals surface area (Å²) >= 11 is 3.10. The summed E-state index contributed by atoms with van der Waals surface area (Å²) in [4.78, 5) is 11.4. The monoisotopic (exact) mass is 405 g/mol. The van der Waals surface area contributed by atoms with E-state index >= 15 is 0 Å². The lowest BCUT2D eigenvalue weighted by molar-refractivity contribution is -0.117. The highest BCUT2D eigenvalue weighted by atomic mass is 79.9. The lowest BCUT2D eigenvalue weighted by Gasteiger charge is -2.08. The van der Waals surface area contributed by atoms with E-state index in [1.807, 2.05) is 0 Å². The van der Waals surface area contributed by atoms with Crippen molar-refractivity contribution in [3.05, 3.63) is 22.7 Å². The molecule has 0 bridgehead atoms. The fraction of sp³-hybridized carbons (Fsp3) is 0.364. The third-order valence-corrected chi connectivity index (χ3v) is 4.22. The average molecular weight is 407 g/mol. The first-order valence-electron chi connectivity index (χ1n) is 5.60. The van der Waals surface area contributed by atoms with E-state index in [1.165, 1.54) is 18.2 Å². The number of nitrogens with one attached hydrogen (secondary N) is 1. The largest absolute Gasteiger partial charge is 0.375 e. The van der Waals surface area contributed by atoms with Crippen LogP contribution < -0.4 is 5.32 Å². The van der Waals surface area contributed by atoms with Crippen LogP contribution in [-0.4, -0.2) is 34.0 Å². The normalized spacial score (nSPS) is 11.7. The Hall–Kier alpha value is -0.770. The first-order valence-corrected chi connectivity index (χ1v) is 8.70. The van der Waals surface area contributed by atoms with Crippen molar-refractivity contribution in [3.8, 4) is 0 Å². The van der Waals surface area contributed by atoms with Crippen molar-refractivity contribution in [1.82, 2.24) is 0 Å². The second-order valence-electron chi connectivity index (χ2n) is 3.84. The average Bonchev–Trinajstić information content (AvgIpc) is 2.35. The molecule has 1 N–H and O–H groups in total. The van der Waals surface area contributed by atoms with E-state index in [0.29, 0.717) is 10.2 Å². The fourth-order valence-electron chi connectivity index (χ4n) is 1.30. The minimum atomic E-state index is -3.86. The first kappa shape index (κ1) is 18.3. The highest BCUT2D eigenvalue weighted by Crippen LogP contribution is 2.27. The summed E-state index contributed by atoms with van der Waals surface area (Å²) < 4.78 is 50.8. The molecule has 1 amide bonds. The van der Waals surface area contributed by atoms with Crippen LogP contribution in [0.5, 0.6) is 0 Å². The second kappa shape index (κ2) is 8.02. The van der Waals surface area contributed by atoms with Crippen molar-refractivity contribution >= 4 is 47.3 Å². The van der Waals surface area contributed by atoms with Gasteiger partial charge in [0.05, 0.1) is 23.6 Å². The lowest BCUT2D eigenvalue weighted by Crippen LogP contribution is -2.16. The van der Waals surface area contributed by atoms with Crippen LogP contribution in [0.2, 0.25) is 0 Å². The summed E-state index contributed by atoms with van der Waals surface area (Å²) in [5.74, 6) is -0.452. The van der Waals surface area contributed by atoms with Crippen LogP contribution in [0.4, 0.5) is 14.5 Å². The number of hydrogen-bond donors (Lipinski definition) is 1. The molecule has 10 heteroatoms. The van der Waals surface area contributed by atoms with E-state index in [2.05, 4.69) is 26.0 Å². The van der Waals surface area contributed by atoms with E-state index in [0.717, 1.165) is 0 Å². The van der Waals surface area contributed by atoms with E-state index in [1.54, 1.807) is 0 Å². The van der Waals surface area contributed by atoms with Gasteiger partial charge < -0.3 is 10.1 Å².